The molecule has 2 heterocycles. The van der Waals surface area contributed by atoms with E-state index in [2.05, 4.69) is 4.72 Å². The summed E-state index contributed by atoms with van der Waals surface area (Å²) >= 11 is 0. The maximum Gasteiger partial charge on any atom is 0.301 e. The van der Waals surface area contributed by atoms with E-state index in [4.69, 9.17) is 4.74 Å². The first-order valence-corrected chi connectivity index (χ1v) is 8.73. The fourth-order valence-corrected chi connectivity index (χ4v) is 3.74. The number of aromatic nitrogens is 1. The Balaban J connectivity index is 1.65. The number of anilines is 1. The van der Waals surface area contributed by atoms with Crippen LogP contribution in [0.3, 0.4) is 0 Å². The molecular weight excluding hydrogens is 357 g/mol. The molecule has 0 spiro atoms. The summed E-state index contributed by atoms with van der Waals surface area (Å²) in [6, 6.07) is 6.27. The van der Waals surface area contributed by atoms with E-state index >= 15 is 0 Å². The van der Waals surface area contributed by atoms with Crippen molar-refractivity contribution >= 4 is 15.9 Å². The Bertz CT molecular complexity index is 867. The Kier molecular flexibility index (Phi) is 4.35. The van der Waals surface area contributed by atoms with Gasteiger partial charge in [-0.2, -0.15) is 12.7 Å². The summed E-state index contributed by atoms with van der Waals surface area (Å²) < 4.78 is 46.4. The number of aromatic hydroxyl groups is 2. The van der Waals surface area contributed by atoms with Crippen LogP contribution in [0.2, 0.25) is 0 Å². The van der Waals surface area contributed by atoms with Crippen LogP contribution in [0.4, 0.5) is 10.1 Å². The van der Waals surface area contributed by atoms with Gasteiger partial charge in [0, 0.05) is 12.6 Å². The molecule has 9 nitrogen and oxygen atoms in total. The summed E-state index contributed by atoms with van der Waals surface area (Å²) in [7, 11) is -4.02. The van der Waals surface area contributed by atoms with Crippen LogP contribution in [0.5, 0.6) is 17.5 Å². The molecule has 4 N–H and O–H groups in total. The SMILES string of the molecule is O=S(=O)(Nc1cc(O)n(O)c1O)N1CCC(Oc2ccc(F)cc2)C1. The topological polar surface area (TPSA) is 124 Å². The zero-order chi connectivity index (χ0) is 18.2. The lowest BCUT2D eigenvalue weighted by Crippen LogP contribution is -2.35. The third-order valence-electron chi connectivity index (χ3n) is 3.73. The summed E-state index contributed by atoms with van der Waals surface area (Å²) in [6.45, 7) is 0.229. The molecule has 0 saturated carbocycles. The molecule has 0 amide bonds. The zero-order valence-electron chi connectivity index (χ0n) is 12.8. The average molecular weight is 373 g/mol. The minimum atomic E-state index is -4.02. The number of halogens is 1. The fraction of sp³-hybridized carbons (Fsp3) is 0.286. The van der Waals surface area contributed by atoms with Crippen LogP contribution in [0, 0.1) is 5.82 Å². The number of ether oxygens (including phenoxy) is 1. The first-order valence-electron chi connectivity index (χ1n) is 7.29. The third-order valence-corrected chi connectivity index (χ3v) is 5.22. The summed E-state index contributed by atoms with van der Waals surface area (Å²) in [4.78, 5) is 0. The fourth-order valence-electron chi connectivity index (χ4n) is 2.47. The van der Waals surface area contributed by atoms with Crippen molar-refractivity contribution in [3.8, 4) is 17.5 Å². The van der Waals surface area contributed by atoms with Gasteiger partial charge in [0.1, 0.15) is 23.4 Å². The van der Waals surface area contributed by atoms with Crippen LogP contribution < -0.4 is 9.46 Å². The summed E-state index contributed by atoms with van der Waals surface area (Å²) in [5.74, 6) is -1.52. The van der Waals surface area contributed by atoms with Gasteiger partial charge < -0.3 is 20.2 Å². The number of hydrogen-bond donors (Lipinski definition) is 4. The minimum absolute atomic E-state index is 0.0439. The van der Waals surface area contributed by atoms with Gasteiger partial charge in [-0.05, 0) is 30.7 Å². The second kappa shape index (κ2) is 6.33. The number of rotatable bonds is 5. The molecule has 1 atom stereocenters. The van der Waals surface area contributed by atoms with E-state index in [-0.39, 0.29) is 23.5 Å². The van der Waals surface area contributed by atoms with Gasteiger partial charge in [-0.15, -0.1) is 4.73 Å². The van der Waals surface area contributed by atoms with E-state index in [1.54, 1.807) is 0 Å². The number of benzene rings is 1. The van der Waals surface area contributed by atoms with Crippen molar-refractivity contribution in [3.05, 3.63) is 36.1 Å². The van der Waals surface area contributed by atoms with Gasteiger partial charge in [0.05, 0.1) is 6.54 Å². The molecule has 136 valence electrons. The standard InChI is InChI=1S/C14H16FN3O6S/c15-9-1-3-10(4-2-9)24-11-5-6-17(8-11)25(22,23)16-12-7-13(19)18(21)14(12)20/h1-4,7,11,16,19-21H,5-6,8H2. The third kappa shape index (κ3) is 3.56. The van der Waals surface area contributed by atoms with Crippen molar-refractivity contribution in [2.45, 2.75) is 12.5 Å². The van der Waals surface area contributed by atoms with Crippen molar-refractivity contribution in [3.63, 3.8) is 0 Å². The number of hydrogen-bond acceptors (Lipinski definition) is 6. The van der Waals surface area contributed by atoms with Crippen LogP contribution in [0.15, 0.2) is 30.3 Å². The van der Waals surface area contributed by atoms with E-state index in [0.717, 1.165) is 10.4 Å². The Morgan fingerprint density at radius 2 is 1.92 bits per heavy atom. The van der Waals surface area contributed by atoms with E-state index in [1.165, 1.54) is 24.3 Å². The molecule has 11 heteroatoms. The number of nitrogens with zero attached hydrogens (tertiary/aromatic N) is 2. The van der Waals surface area contributed by atoms with Crippen molar-refractivity contribution in [1.29, 1.82) is 0 Å². The highest BCUT2D eigenvalue weighted by Gasteiger charge is 2.33. The molecule has 1 aliphatic heterocycles. The smallest absolute Gasteiger partial charge is 0.301 e. The predicted molar refractivity (Wildman–Crippen MR) is 84.5 cm³/mol. The average Bonchev–Trinajstić information content (AvgIpc) is 3.12. The van der Waals surface area contributed by atoms with Gasteiger partial charge in [0.25, 0.3) is 5.88 Å². The summed E-state index contributed by atoms with van der Waals surface area (Å²) in [5, 5.41) is 28.0. The van der Waals surface area contributed by atoms with Crippen molar-refractivity contribution in [2.75, 3.05) is 17.8 Å². The molecule has 3 rings (SSSR count). The predicted octanol–water partition coefficient (Wildman–Crippen LogP) is 1.09. The van der Waals surface area contributed by atoms with E-state index < -0.39 is 33.9 Å². The lowest BCUT2D eigenvalue weighted by molar-refractivity contribution is 0.131. The molecule has 1 aliphatic rings. The van der Waals surface area contributed by atoms with Gasteiger partial charge in [-0.3, -0.25) is 4.72 Å². The van der Waals surface area contributed by atoms with E-state index in [1.807, 2.05) is 0 Å². The van der Waals surface area contributed by atoms with Crippen LogP contribution in [0.25, 0.3) is 0 Å². The Hall–Kier alpha value is -2.66. The highest BCUT2D eigenvalue weighted by atomic mass is 32.2. The molecule has 0 radical (unpaired) electrons. The molecule has 1 aromatic heterocycles. The molecule has 0 aliphatic carbocycles. The van der Waals surface area contributed by atoms with Crippen LogP contribution in [0.1, 0.15) is 6.42 Å². The first kappa shape index (κ1) is 17.2. The quantitative estimate of drug-likeness (QED) is 0.582. The van der Waals surface area contributed by atoms with Gasteiger partial charge in [0.2, 0.25) is 5.88 Å². The largest absolute Gasteiger partial charge is 0.492 e. The first-order chi connectivity index (χ1) is 11.8. The molecule has 2 aromatic rings. The van der Waals surface area contributed by atoms with Gasteiger partial charge >= 0.3 is 10.2 Å². The highest BCUT2D eigenvalue weighted by molar-refractivity contribution is 7.90. The van der Waals surface area contributed by atoms with Crippen molar-refractivity contribution in [1.82, 2.24) is 9.04 Å². The number of nitrogens with one attached hydrogen (secondary N) is 1. The van der Waals surface area contributed by atoms with Gasteiger partial charge in [-0.1, -0.05) is 0 Å². The monoisotopic (exact) mass is 373 g/mol. The Labute approximate surface area is 142 Å². The maximum absolute atomic E-state index is 12.9. The van der Waals surface area contributed by atoms with Gasteiger partial charge in [0.15, 0.2) is 0 Å². The molecule has 1 saturated heterocycles. The zero-order valence-corrected chi connectivity index (χ0v) is 13.6. The van der Waals surface area contributed by atoms with Crippen LogP contribution in [-0.4, -0.2) is 52.1 Å². The van der Waals surface area contributed by atoms with Crippen molar-refractivity contribution in [2.24, 2.45) is 0 Å². The summed E-state index contributed by atoms with van der Waals surface area (Å²) in [6.07, 6.45) is 0.0164. The van der Waals surface area contributed by atoms with E-state index in [9.17, 15) is 28.2 Å². The van der Waals surface area contributed by atoms with Crippen LogP contribution >= 0.6 is 0 Å². The van der Waals surface area contributed by atoms with Gasteiger partial charge in [-0.25, -0.2) is 4.39 Å². The molecular formula is C14H16FN3O6S. The maximum atomic E-state index is 12.9. The normalized spacial score (nSPS) is 18.4. The second-order valence-electron chi connectivity index (χ2n) is 5.50. The Morgan fingerprint density at radius 1 is 1.24 bits per heavy atom. The molecule has 1 fully saturated rings. The van der Waals surface area contributed by atoms with E-state index in [0.29, 0.717) is 12.2 Å². The van der Waals surface area contributed by atoms with Crippen LogP contribution in [-0.2, 0) is 10.2 Å². The Morgan fingerprint density at radius 3 is 2.52 bits per heavy atom. The molecule has 1 unspecified atom stereocenters. The molecule has 1 aromatic carbocycles. The lowest BCUT2D eigenvalue weighted by Gasteiger charge is -2.18. The highest BCUT2D eigenvalue weighted by Crippen LogP contribution is 2.32. The minimum Gasteiger partial charge on any atom is -0.492 e. The lowest BCUT2D eigenvalue weighted by atomic mass is 10.3. The molecule has 25 heavy (non-hydrogen) atoms. The molecule has 0 bridgehead atoms. The second-order valence-corrected chi connectivity index (χ2v) is 7.17. The van der Waals surface area contributed by atoms with Crippen molar-refractivity contribution < 1.29 is 33.0 Å². The summed E-state index contributed by atoms with van der Waals surface area (Å²) in [5.41, 5.74) is -0.358.